The van der Waals surface area contributed by atoms with E-state index >= 15 is 0 Å². The Morgan fingerprint density at radius 3 is 2.65 bits per heavy atom. The summed E-state index contributed by atoms with van der Waals surface area (Å²) in [5, 5.41) is 0. The fourth-order valence-corrected chi connectivity index (χ4v) is 1.37. The first-order valence-corrected chi connectivity index (χ1v) is 5.58. The Bertz CT molecular complexity index is 404. The van der Waals surface area contributed by atoms with Crippen molar-refractivity contribution >= 4 is 6.29 Å². The summed E-state index contributed by atoms with van der Waals surface area (Å²) in [6, 6.07) is 5.70. The summed E-state index contributed by atoms with van der Waals surface area (Å²) in [5.74, 6) is 1.37. The lowest BCUT2D eigenvalue weighted by Gasteiger charge is -2.09. The molecule has 1 aromatic rings. The Morgan fingerprint density at radius 1 is 1.29 bits per heavy atom. The van der Waals surface area contributed by atoms with Crippen LogP contribution in [0.1, 0.15) is 25.8 Å². The van der Waals surface area contributed by atoms with Gasteiger partial charge in [-0.25, -0.2) is 0 Å². The van der Waals surface area contributed by atoms with Gasteiger partial charge in [-0.15, -0.1) is 0 Å². The minimum absolute atomic E-state index is 0.525. The van der Waals surface area contributed by atoms with E-state index in [1.807, 2.05) is 32.0 Å². The molecular formula is C14H18O3. The van der Waals surface area contributed by atoms with Crippen molar-refractivity contribution in [2.75, 3.05) is 7.11 Å². The molecule has 0 heterocycles. The van der Waals surface area contributed by atoms with Gasteiger partial charge < -0.3 is 14.3 Å². The first kappa shape index (κ1) is 13.3. The molecule has 92 valence electrons. The average Bonchev–Trinajstić information content (AvgIpc) is 2.34. The van der Waals surface area contributed by atoms with E-state index in [1.165, 1.54) is 0 Å². The normalized spacial score (nSPS) is 9.59. The van der Waals surface area contributed by atoms with E-state index in [9.17, 15) is 4.79 Å². The molecule has 1 aromatic carbocycles. The molecule has 0 aliphatic heterocycles. The van der Waals surface area contributed by atoms with Gasteiger partial charge in [-0.3, -0.25) is 0 Å². The highest BCUT2D eigenvalue weighted by atomic mass is 16.5. The van der Waals surface area contributed by atoms with Crippen molar-refractivity contribution in [1.29, 1.82) is 0 Å². The molecule has 0 aromatic heterocycles. The van der Waals surface area contributed by atoms with Crippen LogP contribution in [0.25, 0.3) is 0 Å². The van der Waals surface area contributed by atoms with Crippen LogP contribution in [0, 0.1) is 0 Å². The predicted molar refractivity (Wildman–Crippen MR) is 67.4 cm³/mol. The first-order chi connectivity index (χ1) is 8.17. The predicted octanol–water partition coefficient (Wildman–Crippen LogP) is 3.13. The molecule has 0 unspecified atom stereocenters. The number of methoxy groups -OCH3 is 1. The molecule has 3 nitrogen and oxygen atoms in total. The zero-order valence-corrected chi connectivity index (χ0v) is 10.5. The molecule has 0 aliphatic rings. The molecule has 0 radical (unpaired) electrons. The molecule has 3 heteroatoms. The Morgan fingerprint density at radius 2 is 2.06 bits per heavy atom. The van der Waals surface area contributed by atoms with Crippen molar-refractivity contribution in [2.45, 2.75) is 26.7 Å². The third-order valence-corrected chi connectivity index (χ3v) is 2.20. The van der Waals surface area contributed by atoms with Crippen LogP contribution in [0.4, 0.5) is 0 Å². The van der Waals surface area contributed by atoms with Crippen LogP contribution in [0.15, 0.2) is 30.0 Å². The highest BCUT2D eigenvalue weighted by Crippen LogP contribution is 2.28. The molecule has 0 saturated carbocycles. The van der Waals surface area contributed by atoms with Crippen molar-refractivity contribution in [3.05, 3.63) is 35.6 Å². The second-order valence-electron chi connectivity index (χ2n) is 4.00. The summed E-state index contributed by atoms with van der Waals surface area (Å²) in [6.07, 6.45) is 3.85. The molecule has 0 N–H and O–H groups in total. The highest BCUT2D eigenvalue weighted by molar-refractivity contribution is 5.51. The van der Waals surface area contributed by atoms with Gasteiger partial charge in [-0.2, -0.15) is 0 Å². The van der Waals surface area contributed by atoms with Crippen LogP contribution < -0.4 is 9.47 Å². The second-order valence-corrected chi connectivity index (χ2v) is 4.00. The van der Waals surface area contributed by atoms with Crippen LogP contribution in [-0.4, -0.2) is 13.4 Å². The number of aryl methyl sites for hydroxylation is 1. The van der Waals surface area contributed by atoms with E-state index in [0.717, 1.165) is 23.8 Å². The lowest BCUT2D eigenvalue weighted by Crippen LogP contribution is -1.93. The number of hydrogen-bond acceptors (Lipinski definition) is 3. The third kappa shape index (κ3) is 4.31. The number of aldehydes is 1. The number of carbonyl (C=O) groups is 1. The lowest BCUT2D eigenvalue weighted by atomic mass is 10.1. The molecule has 0 amide bonds. The van der Waals surface area contributed by atoms with Crippen LogP contribution >= 0.6 is 0 Å². The Hall–Kier alpha value is -1.77. The molecule has 0 spiro atoms. The van der Waals surface area contributed by atoms with Crippen molar-refractivity contribution in [1.82, 2.24) is 0 Å². The van der Waals surface area contributed by atoms with Gasteiger partial charge >= 0.3 is 0 Å². The van der Waals surface area contributed by atoms with Gasteiger partial charge in [-0.1, -0.05) is 6.07 Å². The summed E-state index contributed by atoms with van der Waals surface area (Å²) in [6.45, 7) is 3.93. The van der Waals surface area contributed by atoms with Gasteiger partial charge in [-0.05, 0) is 43.5 Å². The fourth-order valence-electron chi connectivity index (χ4n) is 1.37. The largest absolute Gasteiger partial charge is 0.493 e. The molecular weight excluding hydrogens is 216 g/mol. The maximum absolute atomic E-state index is 10.3. The summed E-state index contributed by atoms with van der Waals surface area (Å²) < 4.78 is 10.7. The van der Waals surface area contributed by atoms with Gasteiger partial charge in [0, 0.05) is 6.42 Å². The maximum Gasteiger partial charge on any atom is 0.168 e. The Balaban J connectivity index is 2.85. The molecule has 0 atom stereocenters. The van der Waals surface area contributed by atoms with Gasteiger partial charge in [0.2, 0.25) is 0 Å². The molecule has 1 rings (SSSR count). The van der Waals surface area contributed by atoms with Crippen molar-refractivity contribution < 1.29 is 14.3 Å². The zero-order valence-electron chi connectivity index (χ0n) is 10.5. The number of ether oxygens (including phenoxy) is 2. The highest BCUT2D eigenvalue weighted by Gasteiger charge is 2.04. The smallest absolute Gasteiger partial charge is 0.168 e. The molecule has 17 heavy (non-hydrogen) atoms. The van der Waals surface area contributed by atoms with E-state index in [4.69, 9.17) is 9.47 Å². The Labute approximate surface area is 102 Å². The van der Waals surface area contributed by atoms with Crippen LogP contribution in [-0.2, 0) is 11.2 Å². The van der Waals surface area contributed by atoms with E-state index in [-0.39, 0.29) is 0 Å². The summed E-state index contributed by atoms with van der Waals surface area (Å²) >= 11 is 0. The minimum atomic E-state index is 0.525. The average molecular weight is 234 g/mol. The summed E-state index contributed by atoms with van der Waals surface area (Å²) in [4.78, 5) is 10.3. The number of benzene rings is 1. The molecule has 0 fully saturated rings. The Kier molecular flexibility index (Phi) is 5.27. The molecule has 0 saturated heterocycles. The van der Waals surface area contributed by atoms with Crippen LogP contribution in [0.2, 0.25) is 0 Å². The summed E-state index contributed by atoms with van der Waals surface area (Å²) in [5.41, 5.74) is 2.15. The topological polar surface area (TPSA) is 35.5 Å². The quantitative estimate of drug-likeness (QED) is 0.560. The van der Waals surface area contributed by atoms with Crippen molar-refractivity contribution in [3.8, 4) is 11.5 Å². The van der Waals surface area contributed by atoms with E-state index in [0.29, 0.717) is 17.9 Å². The van der Waals surface area contributed by atoms with Crippen LogP contribution in [0.5, 0.6) is 11.5 Å². The summed E-state index contributed by atoms with van der Waals surface area (Å²) in [7, 11) is 1.61. The zero-order chi connectivity index (χ0) is 12.7. The van der Waals surface area contributed by atoms with Crippen LogP contribution in [0.3, 0.4) is 0 Å². The number of carbonyl (C=O) groups excluding carboxylic acids is 1. The molecule has 0 aliphatic carbocycles. The third-order valence-electron chi connectivity index (χ3n) is 2.20. The molecule has 0 bridgehead atoms. The SMILES string of the molecule is COc1cc(CCC=O)ccc1OC=C(C)C. The number of rotatable bonds is 6. The van der Waals surface area contributed by atoms with Gasteiger partial charge in [0.05, 0.1) is 13.4 Å². The monoisotopic (exact) mass is 234 g/mol. The van der Waals surface area contributed by atoms with Gasteiger partial charge in [0.15, 0.2) is 11.5 Å². The van der Waals surface area contributed by atoms with E-state index < -0.39 is 0 Å². The fraction of sp³-hybridized carbons (Fsp3) is 0.357. The second kappa shape index (κ2) is 6.74. The standard InChI is InChI=1S/C14H18O3/c1-11(2)10-17-13-7-6-12(5-4-8-15)9-14(13)16-3/h6-10H,4-5H2,1-3H3. The van der Waals surface area contributed by atoms with E-state index in [2.05, 4.69) is 0 Å². The van der Waals surface area contributed by atoms with E-state index in [1.54, 1.807) is 13.4 Å². The number of allylic oxidation sites excluding steroid dienone is 1. The van der Waals surface area contributed by atoms with Gasteiger partial charge in [0.1, 0.15) is 6.29 Å². The van der Waals surface area contributed by atoms with Crippen molar-refractivity contribution in [2.24, 2.45) is 0 Å². The van der Waals surface area contributed by atoms with Crippen molar-refractivity contribution in [3.63, 3.8) is 0 Å². The lowest BCUT2D eigenvalue weighted by molar-refractivity contribution is -0.107. The number of hydrogen-bond donors (Lipinski definition) is 0. The first-order valence-electron chi connectivity index (χ1n) is 5.58. The maximum atomic E-state index is 10.3. The van der Waals surface area contributed by atoms with Gasteiger partial charge in [0.25, 0.3) is 0 Å². The minimum Gasteiger partial charge on any atom is -0.493 e.